The third-order valence-corrected chi connectivity index (χ3v) is 16.5. The van der Waals surface area contributed by atoms with Gasteiger partial charge >= 0.3 is 23.6 Å². The smallest absolute Gasteiger partial charge is 0.416 e. The zero-order chi connectivity index (χ0) is 65.3. The second kappa shape index (κ2) is 27.7. The molecule has 492 valence electrons. The number of nitro groups is 2. The summed E-state index contributed by atoms with van der Waals surface area (Å²) in [4.78, 5) is 84.4. The molecule has 0 saturated carbocycles. The lowest BCUT2D eigenvalue weighted by Gasteiger charge is -2.39. The van der Waals surface area contributed by atoms with Crippen LogP contribution in [-0.4, -0.2) is 247 Å². The Labute approximate surface area is 515 Å². The van der Waals surface area contributed by atoms with E-state index in [1.807, 2.05) is 0 Å². The van der Waals surface area contributed by atoms with E-state index in [0.717, 1.165) is 34.1 Å². The van der Waals surface area contributed by atoms with Crippen LogP contribution < -0.4 is 28.7 Å². The molecule has 10 rings (SSSR count). The number of nitro benzene ring substituents is 2. The minimum Gasteiger partial charge on any atom is -0.497 e. The number of amides is 4. The molecule has 0 bridgehead atoms. The Morgan fingerprint density at radius 1 is 0.560 bits per heavy atom. The average Bonchev–Trinajstić information content (AvgIpc) is 1.64. The van der Waals surface area contributed by atoms with Crippen LogP contribution in [0.1, 0.15) is 51.1 Å². The van der Waals surface area contributed by atoms with Crippen molar-refractivity contribution in [1.29, 1.82) is 0 Å². The lowest BCUT2D eigenvalue weighted by molar-refractivity contribution is -0.387. The van der Waals surface area contributed by atoms with Gasteiger partial charge in [-0.05, 0) is 78.9 Å². The van der Waals surface area contributed by atoms with Crippen LogP contribution in [0, 0.1) is 20.2 Å². The molecule has 4 amide bonds. The Morgan fingerprint density at radius 3 is 1.32 bits per heavy atom. The highest BCUT2D eigenvalue weighted by Crippen LogP contribution is 2.42. The van der Waals surface area contributed by atoms with Gasteiger partial charge in [-0.3, -0.25) is 29.8 Å². The largest absolute Gasteiger partial charge is 0.497 e. The number of carbonyl (C=O) groups excluding carboxylic acids is 4. The normalized spacial score (nSPS) is 29.5. The Kier molecular flexibility index (Phi) is 20.0. The molecule has 34 nitrogen and oxygen atoms in total. The minimum absolute atomic E-state index is 0.0411. The van der Waals surface area contributed by atoms with Crippen molar-refractivity contribution in [2.75, 3.05) is 63.5 Å². The predicted molar refractivity (Wildman–Crippen MR) is 301 cm³/mol. The summed E-state index contributed by atoms with van der Waals surface area (Å²) >= 11 is 0. The SMILES string of the molecule is COc1ccc2c(c1)C(=O)N1CCC(OCCCO[C@@H]3CCN4C(=O)c5cc(OC)ccc5N(C(=O)OCc5ccc(O[C@@H]6O[C@H](CO)[C@H](O)[C@H](O)[C@H]6O)c([N+](=O)[O-])c5)[C@@H](O)[C@H]34)C1C(O)N2C(=O)OCc1ccc(O[C@@H]2O[C@H](CO)[C@H](O)[C@H](O)[C@H]2O)c([N+](=O)[O-])c1. The molecule has 6 aliphatic rings. The molecule has 0 aliphatic carbocycles. The summed E-state index contributed by atoms with van der Waals surface area (Å²) in [5.41, 5.74) is -1.53. The van der Waals surface area contributed by atoms with Crippen molar-refractivity contribution in [1.82, 2.24) is 9.80 Å². The topological polar surface area (TPSA) is 462 Å². The van der Waals surface area contributed by atoms with Crippen LogP contribution >= 0.6 is 0 Å². The number of benzene rings is 4. The number of fused-ring (bicyclic) bond motifs is 4. The fourth-order valence-electron chi connectivity index (χ4n) is 11.8. The number of hydrogen-bond acceptors (Lipinski definition) is 28. The van der Waals surface area contributed by atoms with E-state index in [-0.39, 0.29) is 90.7 Å². The summed E-state index contributed by atoms with van der Waals surface area (Å²) in [6.45, 7) is -2.81. The van der Waals surface area contributed by atoms with Gasteiger partial charge in [-0.1, -0.05) is 12.1 Å². The highest BCUT2D eigenvalue weighted by molar-refractivity contribution is 6.06. The molecular formula is C57H66N6O28. The van der Waals surface area contributed by atoms with Gasteiger partial charge in [0.1, 0.15) is 85.6 Å². The van der Waals surface area contributed by atoms with Gasteiger partial charge < -0.3 is 108 Å². The molecule has 3 unspecified atom stereocenters. The van der Waals surface area contributed by atoms with Crippen molar-refractivity contribution in [2.24, 2.45) is 0 Å². The summed E-state index contributed by atoms with van der Waals surface area (Å²) in [5, 5.41) is 130. The van der Waals surface area contributed by atoms with Gasteiger partial charge in [-0.15, -0.1) is 0 Å². The maximum absolute atomic E-state index is 14.3. The average molecular weight is 1280 g/mol. The Morgan fingerprint density at radius 2 is 0.956 bits per heavy atom. The number of rotatable bonds is 20. The van der Waals surface area contributed by atoms with Gasteiger partial charge in [0, 0.05) is 38.4 Å². The number of ether oxygens (including phenoxy) is 10. The zero-order valence-electron chi connectivity index (χ0n) is 48.4. The van der Waals surface area contributed by atoms with Crippen molar-refractivity contribution in [3.8, 4) is 23.0 Å². The molecule has 4 saturated heterocycles. The number of anilines is 2. The summed E-state index contributed by atoms with van der Waals surface area (Å²) < 4.78 is 56.3. The van der Waals surface area contributed by atoms with Crippen LogP contribution in [0.15, 0.2) is 72.8 Å². The van der Waals surface area contributed by atoms with Crippen molar-refractivity contribution >= 4 is 46.8 Å². The second-order valence-corrected chi connectivity index (χ2v) is 21.9. The molecular weight excluding hydrogens is 1220 g/mol. The molecule has 6 heterocycles. The molecule has 0 radical (unpaired) electrons. The molecule has 6 aliphatic heterocycles. The summed E-state index contributed by atoms with van der Waals surface area (Å²) in [6, 6.07) is 12.8. The molecule has 16 atom stereocenters. The van der Waals surface area contributed by atoms with E-state index >= 15 is 0 Å². The van der Waals surface area contributed by atoms with E-state index in [9.17, 15) is 90.5 Å². The van der Waals surface area contributed by atoms with Gasteiger partial charge in [0.2, 0.25) is 12.6 Å². The first-order valence-corrected chi connectivity index (χ1v) is 28.6. The van der Waals surface area contributed by atoms with Crippen LogP contribution in [0.25, 0.3) is 0 Å². The molecule has 91 heavy (non-hydrogen) atoms. The van der Waals surface area contributed by atoms with Crippen LogP contribution in [0.2, 0.25) is 0 Å². The fourth-order valence-corrected chi connectivity index (χ4v) is 11.8. The fraction of sp³-hybridized carbons (Fsp3) is 0.509. The molecule has 10 N–H and O–H groups in total. The molecule has 4 aromatic rings. The first kappa shape index (κ1) is 65.7. The number of aliphatic hydroxyl groups excluding tert-OH is 10. The number of carbonyl (C=O) groups is 4. The third kappa shape index (κ3) is 13.0. The van der Waals surface area contributed by atoms with Crippen molar-refractivity contribution < 1.29 is 127 Å². The number of aliphatic hydroxyl groups is 10. The monoisotopic (exact) mass is 1280 g/mol. The molecule has 4 aromatic carbocycles. The van der Waals surface area contributed by atoms with Gasteiger partial charge in [-0.25, -0.2) is 19.4 Å². The van der Waals surface area contributed by atoms with E-state index in [2.05, 4.69) is 0 Å². The first-order chi connectivity index (χ1) is 43.6. The highest BCUT2D eigenvalue weighted by atomic mass is 16.7. The summed E-state index contributed by atoms with van der Waals surface area (Å²) in [6.07, 6.45) is -24.4. The van der Waals surface area contributed by atoms with E-state index in [1.54, 1.807) is 0 Å². The van der Waals surface area contributed by atoms with E-state index in [1.165, 1.54) is 72.6 Å². The van der Waals surface area contributed by atoms with Crippen LogP contribution in [0.3, 0.4) is 0 Å². The second-order valence-electron chi connectivity index (χ2n) is 21.9. The standard InChI is InChI=1S/C57H66N6O28/c1-82-28-6-8-32-30(20-28)50(72)58-14-12-38(42(58)52(74)60(32)56(76)86-24-26-4-10-36(34(18-26)62(78)79)88-54-48(70)46(68)44(66)40(22-64)90-54)84-16-3-17-85-39-13-15-59-43(39)53(75)61(33-9-7-29(83-2)21-31(33)51(59)73)57(77)87-25-27-5-11-37(35(19-27)63(80)81)89-55-49(71)47(69)45(67)41(23-65)91-55/h4-11,18-21,38-49,52-55,64-71,74-75H,3,12-17,22-25H2,1-2H3/t38-,39?,40-,41-,42+,43?,44+,45+,46+,47+,48-,49-,52+,53?,54-,55-/m1/s1. The number of methoxy groups -OCH3 is 2. The maximum Gasteiger partial charge on any atom is 0.416 e. The van der Waals surface area contributed by atoms with Crippen molar-refractivity contribution in [3.05, 3.63) is 115 Å². The lowest BCUT2D eigenvalue weighted by atomic mass is 9.99. The van der Waals surface area contributed by atoms with Crippen LogP contribution in [0.5, 0.6) is 23.0 Å². The van der Waals surface area contributed by atoms with Gasteiger partial charge in [0.25, 0.3) is 11.8 Å². The predicted octanol–water partition coefficient (Wildman–Crippen LogP) is -0.882. The summed E-state index contributed by atoms with van der Waals surface area (Å²) in [5.74, 6) is -1.61. The van der Waals surface area contributed by atoms with Crippen molar-refractivity contribution in [3.63, 3.8) is 0 Å². The van der Waals surface area contributed by atoms with Gasteiger partial charge in [0.15, 0.2) is 24.0 Å². The van der Waals surface area contributed by atoms with Crippen LogP contribution in [-0.2, 0) is 41.6 Å². The maximum atomic E-state index is 14.3. The quantitative estimate of drug-likeness (QED) is 0.0292. The van der Waals surface area contributed by atoms with E-state index < -0.39 is 181 Å². The van der Waals surface area contributed by atoms with E-state index in [0.29, 0.717) is 0 Å². The van der Waals surface area contributed by atoms with Crippen LogP contribution in [0.4, 0.5) is 32.3 Å². The summed E-state index contributed by atoms with van der Waals surface area (Å²) in [7, 11) is 2.73. The molecule has 0 spiro atoms. The van der Waals surface area contributed by atoms with Gasteiger partial charge in [-0.2, -0.15) is 0 Å². The molecule has 34 heteroatoms. The van der Waals surface area contributed by atoms with E-state index in [4.69, 9.17) is 47.4 Å². The van der Waals surface area contributed by atoms with Gasteiger partial charge in [0.05, 0.1) is 72.0 Å². The third-order valence-electron chi connectivity index (χ3n) is 16.5. The molecule has 0 aromatic heterocycles. The Hall–Kier alpha value is -8.20. The Bertz CT molecular complexity index is 3150. The highest BCUT2D eigenvalue weighted by Gasteiger charge is 2.53. The number of hydrogen-bond donors (Lipinski definition) is 10. The Balaban J connectivity index is 0.793. The first-order valence-electron chi connectivity index (χ1n) is 28.6. The lowest BCUT2D eigenvalue weighted by Crippen LogP contribution is -2.60. The zero-order valence-corrected chi connectivity index (χ0v) is 48.4. The minimum atomic E-state index is -1.89. The number of nitrogens with zero attached hydrogens (tertiary/aromatic N) is 6. The van der Waals surface area contributed by atoms with Crippen molar-refractivity contribution in [2.45, 2.75) is 131 Å². The molecule has 4 fully saturated rings.